The molecule has 1 saturated heterocycles. The molecule has 0 aliphatic carbocycles. The predicted molar refractivity (Wildman–Crippen MR) is 81.7 cm³/mol. The Balaban J connectivity index is 1.85. The highest BCUT2D eigenvalue weighted by molar-refractivity contribution is 7.12. The molecule has 0 saturated carbocycles. The van der Waals surface area contributed by atoms with Crippen LogP contribution in [0.15, 0.2) is 6.07 Å². The largest absolute Gasteiger partial charge is 0.381 e. The number of hydrogen-bond donors (Lipinski definition) is 1. The van der Waals surface area contributed by atoms with Crippen LogP contribution in [0.2, 0.25) is 0 Å². The quantitative estimate of drug-likeness (QED) is 0.868. The third-order valence-corrected chi connectivity index (χ3v) is 4.78. The second kappa shape index (κ2) is 7.39. The molecule has 1 atom stereocenters. The van der Waals surface area contributed by atoms with E-state index in [2.05, 4.69) is 30.3 Å². The van der Waals surface area contributed by atoms with Crippen molar-refractivity contribution in [2.45, 2.75) is 32.9 Å². The van der Waals surface area contributed by atoms with E-state index in [-0.39, 0.29) is 0 Å². The zero-order valence-electron chi connectivity index (χ0n) is 12.4. The molecule has 0 amide bonds. The summed E-state index contributed by atoms with van der Waals surface area (Å²) in [6, 6.07) is 2.35. The third kappa shape index (κ3) is 4.56. The topological polar surface area (TPSA) is 24.5 Å². The zero-order valence-corrected chi connectivity index (χ0v) is 13.2. The maximum Gasteiger partial charge on any atom is 0.0506 e. The first-order chi connectivity index (χ1) is 9.19. The smallest absolute Gasteiger partial charge is 0.0506 e. The lowest BCUT2D eigenvalue weighted by atomic mass is 10.0. The summed E-state index contributed by atoms with van der Waals surface area (Å²) in [6.07, 6.45) is 2.54. The lowest BCUT2D eigenvalue weighted by Gasteiger charge is -2.27. The van der Waals surface area contributed by atoms with E-state index < -0.39 is 0 Å². The Morgan fingerprint density at radius 1 is 1.53 bits per heavy atom. The maximum atomic E-state index is 5.56. The van der Waals surface area contributed by atoms with Crippen molar-refractivity contribution >= 4 is 11.3 Å². The minimum absolute atomic E-state index is 0.717. The van der Waals surface area contributed by atoms with E-state index in [0.717, 1.165) is 38.8 Å². The van der Waals surface area contributed by atoms with Gasteiger partial charge in [-0.2, -0.15) is 0 Å². The number of aryl methyl sites for hydroxylation is 1. The zero-order chi connectivity index (χ0) is 13.7. The molecule has 0 spiro atoms. The van der Waals surface area contributed by atoms with Crippen LogP contribution in [-0.2, 0) is 17.8 Å². The summed E-state index contributed by atoms with van der Waals surface area (Å²) in [5.41, 5.74) is 1.48. The van der Waals surface area contributed by atoms with E-state index in [1.54, 1.807) is 0 Å². The van der Waals surface area contributed by atoms with Crippen LogP contribution in [0.4, 0.5) is 0 Å². The molecule has 2 rings (SSSR count). The summed E-state index contributed by atoms with van der Waals surface area (Å²) in [5, 5.41) is 3.22. The lowest BCUT2D eigenvalue weighted by Crippen LogP contribution is -2.30. The van der Waals surface area contributed by atoms with E-state index in [1.165, 1.54) is 28.2 Å². The first kappa shape index (κ1) is 15.0. The van der Waals surface area contributed by atoms with Crippen molar-refractivity contribution in [2.75, 3.05) is 33.9 Å². The van der Waals surface area contributed by atoms with Gasteiger partial charge in [0, 0.05) is 36.0 Å². The Bertz CT molecular complexity index is 385. The van der Waals surface area contributed by atoms with E-state index in [1.807, 2.05) is 18.4 Å². The maximum absolute atomic E-state index is 5.56. The van der Waals surface area contributed by atoms with Gasteiger partial charge in [-0.15, -0.1) is 11.3 Å². The second-order valence-corrected chi connectivity index (χ2v) is 6.95. The van der Waals surface area contributed by atoms with Crippen LogP contribution in [0.5, 0.6) is 0 Å². The van der Waals surface area contributed by atoms with Crippen LogP contribution in [-0.4, -0.2) is 38.8 Å². The van der Waals surface area contributed by atoms with Gasteiger partial charge in [-0.1, -0.05) is 0 Å². The van der Waals surface area contributed by atoms with Gasteiger partial charge in [-0.3, -0.25) is 0 Å². The van der Waals surface area contributed by atoms with Crippen molar-refractivity contribution in [3.63, 3.8) is 0 Å². The highest BCUT2D eigenvalue weighted by Crippen LogP contribution is 2.23. The lowest BCUT2D eigenvalue weighted by molar-refractivity contribution is 0.0411. The van der Waals surface area contributed by atoms with Gasteiger partial charge in [0.1, 0.15) is 0 Å². The number of nitrogens with one attached hydrogen (secondary N) is 1. The fourth-order valence-electron chi connectivity index (χ4n) is 2.75. The Morgan fingerprint density at radius 2 is 2.37 bits per heavy atom. The Labute approximate surface area is 121 Å². The molecule has 0 radical (unpaired) electrons. The molecule has 1 aromatic rings. The van der Waals surface area contributed by atoms with Gasteiger partial charge in [0.25, 0.3) is 0 Å². The summed E-state index contributed by atoms with van der Waals surface area (Å²) in [6.45, 7) is 7.32. The molecule has 19 heavy (non-hydrogen) atoms. The van der Waals surface area contributed by atoms with Crippen molar-refractivity contribution in [3.05, 3.63) is 21.4 Å². The van der Waals surface area contributed by atoms with Gasteiger partial charge in [0.15, 0.2) is 0 Å². The minimum atomic E-state index is 0.717. The SMILES string of the molecule is CNCc1cc(CN(C)CC2CCCOC2)c(C)s1. The van der Waals surface area contributed by atoms with E-state index in [9.17, 15) is 0 Å². The predicted octanol–water partition coefficient (Wildman–Crippen LogP) is 2.63. The van der Waals surface area contributed by atoms with Gasteiger partial charge in [0.2, 0.25) is 0 Å². The van der Waals surface area contributed by atoms with Gasteiger partial charge < -0.3 is 15.0 Å². The Kier molecular flexibility index (Phi) is 5.82. The average molecular weight is 282 g/mol. The van der Waals surface area contributed by atoms with Gasteiger partial charge in [0.05, 0.1) is 6.61 Å². The molecule has 3 nitrogen and oxygen atoms in total. The molecule has 1 aliphatic heterocycles. The number of ether oxygens (including phenoxy) is 1. The van der Waals surface area contributed by atoms with E-state index in [4.69, 9.17) is 4.74 Å². The normalized spacial score (nSPS) is 20.1. The van der Waals surface area contributed by atoms with Crippen molar-refractivity contribution < 1.29 is 4.74 Å². The number of nitrogens with zero attached hydrogens (tertiary/aromatic N) is 1. The van der Waals surface area contributed by atoms with Crippen molar-refractivity contribution in [2.24, 2.45) is 5.92 Å². The van der Waals surface area contributed by atoms with Crippen molar-refractivity contribution in [3.8, 4) is 0 Å². The molecule has 4 heteroatoms. The van der Waals surface area contributed by atoms with E-state index >= 15 is 0 Å². The van der Waals surface area contributed by atoms with Crippen LogP contribution in [0.1, 0.15) is 28.2 Å². The fraction of sp³-hybridized carbons (Fsp3) is 0.733. The number of thiophene rings is 1. The number of rotatable bonds is 6. The van der Waals surface area contributed by atoms with Gasteiger partial charge >= 0.3 is 0 Å². The summed E-state index contributed by atoms with van der Waals surface area (Å²) < 4.78 is 5.56. The molecular formula is C15H26N2OS. The molecular weight excluding hydrogens is 256 g/mol. The molecule has 0 aromatic carbocycles. The summed E-state index contributed by atoms with van der Waals surface area (Å²) in [7, 11) is 4.23. The highest BCUT2D eigenvalue weighted by Gasteiger charge is 2.16. The van der Waals surface area contributed by atoms with Gasteiger partial charge in [-0.05, 0) is 51.4 Å². The van der Waals surface area contributed by atoms with Crippen molar-refractivity contribution in [1.29, 1.82) is 0 Å². The van der Waals surface area contributed by atoms with Crippen LogP contribution >= 0.6 is 11.3 Å². The van der Waals surface area contributed by atoms with Crippen LogP contribution < -0.4 is 5.32 Å². The van der Waals surface area contributed by atoms with Crippen molar-refractivity contribution in [1.82, 2.24) is 10.2 Å². The molecule has 0 bridgehead atoms. The standard InChI is InChI=1S/C15H26N2OS/c1-12-14(7-15(19-12)8-16-2)10-17(3)9-13-5-4-6-18-11-13/h7,13,16H,4-6,8-11H2,1-3H3. The number of hydrogen-bond acceptors (Lipinski definition) is 4. The Hall–Kier alpha value is -0.420. The summed E-state index contributed by atoms with van der Waals surface area (Å²) >= 11 is 1.91. The Morgan fingerprint density at radius 3 is 3.05 bits per heavy atom. The van der Waals surface area contributed by atoms with Crippen LogP contribution in [0, 0.1) is 12.8 Å². The first-order valence-corrected chi connectivity index (χ1v) is 7.99. The summed E-state index contributed by atoms with van der Waals surface area (Å²) in [5.74, 6) is 0.717. The first-order valence-electron chi connectivity index (χ1n) is 7.18. The fourth-order valence-corrected chi connectivity index (χ4v) is 3.82. The molecule has 108 valence electrons. The van der Waals surface area contributed by atoms with Crippen LogP contribution in [0.25, 0.3) is 0 Å². The molecule has 2 heterocycles. The minimum Gasteiger partial charge on any atom is -0.381 e. The highest BCUT2D eigenvalue weighted by atomic mass is 32.1. The molecule has 1 aliphatic rings. The summed E-state index contributed by atoms with van der Waals surface area (Å²) in [4.78, 5) is 5.33. The molecule has 1 fully saturated rings. The molecule has 1 aromatic heterocycles. The monoisotopic (exact) mass is 282 g/mol. The van der Waals surface area contributed by atoms with E-state index in [0.29, 0.717) is 0 Å². The average Bonchev–Trinajstić information content (AvgIpc) is 2.71. The molecule has 1 unspecified atom stereocenters. The molecule has 1 N–H and O–H groups in total. The second-order valence-electron chi connectivity index (χ2n) is 5.60. The third-order valence-electron chi connectivity index (χ3n) is 3.69. The van der Waals surface area contributed by atoms with Crippen LogP contribution in [0.3, 0.4) is 0 Å². The van der Waals surface area contributed by atoms with Gasteiger partial charge in [-0.25, -0.2) is 0 Å².